The smallest absolute Gasteiger partial charge is 0.207 e. The van der Waals surface area contributed by atoms with Crippen molar-refractivity contribution < 1.29 is 4.74 Å². The van der Waals surface area contributed by atoms with Crippen LogP contribution in [0.4, 0.5) is 0 Å². The van der Waals surface area contributed by atoms with Crippen molar-refractivity contribution >= 4 is 28.8 Å². The van der Waals surface area contributed by atoms with E-state index in [1.54, 1.807) is 36.6 Å². The number of aromatic nitrogens is 1. The summed E-state index contributed by atoms with van der Waals surface area (Å²) >= 11 is 7.73. The first-order valence-electron chi connectivity index (χ1n) is 8.36. The van der Waals surface area contributed by atoms with E-state index >= 15 is 0 Å². The van der Waals surface area contributed by atoms with Crippen LogP contribution in [0, 0.1) is 11.5 Å². The van der Waals surface area contributed by atoms with Gasteiger partial charge in [0.25, 0.3) is 0 Å². The summed E-state index contributed by atoms with van der Waals surface area (Å²) in [6.07, 6.45) is 4.95. The van der Waals surface area contributed by atoms with E-state index in [0.717, 1.165) is 17.8 Å². The van der Waals surface area contributed by atoms with Crippen molar-refractivity contribution in [3.63, 3.8) is 0 Å². The molecule has 0 fully saturated rings. The van der Waals surface area contributed by atoms with Gasteiger partial charge in [-0.1, -0.05) is 39.3 Å². The highest BCUT2D eigenvalue weighted by molar-refractivity contribution is 7.09. The number of hydrogen-bond donors (Lipinski definition) is 0. The number of hydrogen-bond acceptors (Lipinski definition) is 4. The quantitative estimate of drug-likeness (QED) is 0.429. The second-order valence-corrected chi connectivity index (χ2v) is 8.26. The molecule has 0 N–H and O–H groups in total. The van der Waals surface area contributed by atoms with Gasteiger partial charge in [0.15, 0.2) is 10.6 Å². The Hall–Kier alpha value is -2.10. The first-order chi connectivity index (χ1) is 12.3. The van der Waals surface area contributed by atoms with Crippen molar-refractivity contribution in [1.29, 1.82) is 5.26 Å². The Morgan fingerprint density at radius 1 is 1.38 bits per heavy atom. The van der Waals surface area contributed by atoms with Crippen LogP contribution in [0.3, 0.4) is 0 Å². The molecule has 0 aliphatic carbocycles. The molecule has 0 saturated carbocycles. The molecule has 7 heteroatoms. The maximum absolute atomic E-state index is 9.14. The number of amidine groups is 1. The van der Waals surface area contributed by atoms with E-state index < -0.39 is 0 Å². The van der Waals surface area contributed by atoms with Crippen LogP contribution in [-0.4, -0.2) is 17.5 Å². The van der Waals surface area contributed by atoms with Gasteiger partial charge in [0.1, 0.15) is 5.75 Å². The first-order valence-corrected chi connectivity index (χ1v) is 9.55. The Morgan fingerprint density at radius 3 is 2.69 bits per heavy atom. The summed E-state index contributed by atoms with van der Waals surface area (Å²) in [5.74, 6) is 0.862. The molecule has 5 nitrogen and oxygen atoms in total. The van der Waals surface area contributed by atoms with Crippen molar-refractivity contribution in [3.8, 4) is 11.9 Å². The average Bonchev–Trinajstić information content (AvgIpc) is 2.98. The van der Waals surface area contributed by atoms with Crippen molar-refractivity contribution in [2.45, 2.75) is 46.1 Å². The van der Waals surface area contributed by atoms with Gasteiger partial charge in [-0.05, 0) is 30.0 Å². The molecule has 0 bridgehead atoms. The van der Waals surface area contributed by atoms with Crippen molar-refractivity contribution in [2.24, 2.45) is 9.98 Å². The van der Waals surface area contributed by atoms with Gasteiger partial charge in [0.2, 0.25) is 6.19 Å². The molecule has 0 aliphatic rings. The predicted octanol–water partition coefficient (Wildman–Crippen LogP) is 4.75. The fourth-order valence-electron chi connectivity index (χ4n) is 2.35. The zero-order valence-electron chi connectivity index (χ0n) is 15.7. The number of nitrogens with zero attached hydrogens (tertiary/aromatic N) is 4. The molecule has 26 heavy (non-hydrogen) atoms. The molecule has 0 amide bonds. The van der Waals surface area contributed by atoms with Crippen LogP contribution in [-0.2, 0) is 12.0 Å². The fourth-order valence-corrected chi connectivity index (χ4v) is 3.60. The van der Waals surface area contributed by atoms with Gasteiger partial charge in [-0.25, -0.2) is 0 Å². The number of nitriles is 1. The monoisotopic (exact) mass is 390 g/mol. The van der Waals surface area contributed by atoms with Crippen LogP contribution in [0.15, 0.2) is 34.4 Å². The Morgan fingerprint density at radius 2 is 2.12 bits per heavy atom. The van der Waals surface area contributed by atoms with Crippen molar-refractivity contribution in [3.05, 3.63) is 44.7 Å². The Balaban J connectivity index is 2.68. The van der Waals surface area contributed by atoms with E-state index in [1.807, 2.05) is 6.19 Å². The third-order valence-electron chi connectivity index (χ3n) is 3.68. The molecule has 138 valence electrons. The number of methoxy groups -OCH3 is 1. The standard InChI is InChI=1S/C19H23ClN4OS/c1-6-9-24-11-16(19(2,3)4)26-18(24)23-17(22-12-21)14-10-13(20)7-8-15(14)25-5/h7-8,10-11H,6,9H2,1-5H3. The predicted molar refractivity (Wildman–Crippen MR) is 107 cm³/mol. The lowest BCUT2D eigenvalue weighted by atomic mass is 9.95. The molecule has 1 aromatic carbocycles. The number of thiazole rings is 1. The van der Waals surface area contributed by atoms with Gasteiger partial charge in [0.05, 0.1) is 12.7 Å². The van der Waals surface area contributed by atoms with Crippen molar-refractivity contribution in [1.82, 2.24) is 4.57 Å². The summed E-state index contributed by atoms with van der Waals surface area (Å²) in [5.41, 5.74) is 0.615. The number of benzene rings is 1. The van der Waals surface area contributed by atoms with Crippen LogP contribution in [0.25, 0.3) is 0 Å². The SMILES string of the molecule is CCCn1cc(C(C)(C)C)sc1=NC(=NC#N)c1cc(Cl)ccc1OC. The highest BCUT2D eigenvalue weighted by Gasteiger charge is 2.18. The molecule has 0 unspecified atom stereocenters. The molecule has 0 spiro atoms. The van der Waals surface area contributed by atoms with E-state index in [9.17, 15) is 0 Å². The van der Waals surface area contributed by atoms with E-state index in [4.69, 9.17) is 26.6 Å². The minimum atomic E-state index is 0.0220. The van der Waals surface area contributed by atoms with E-state index in [-0.39, 0.29) is 5.41 Å². The number of aryl methyl sites for hydroxylation is 1. The number of halogens is 1. The van der Waals surface area contributed by atoms with Gasteiger partial charge >= 0.3 is 0 Å². The third kappa shape index (κ3) is 4.75. The molecule has 1 heterocycles. The molecular weight excluding hydrogens is 368 g/mol. The second kappa shape index (κ2) is 8.52. The summed E-state index contributed by atoms with van der Waals surface area (Å²) in [5, 5.41) is 9.67. The first kappa shape index (κ1) is 20.2. The average molecular weight is 391 g/mol. The Labute approximate surface area is 163 Å². The minimum Gasteiger partial charge on any atom is -0.496 e. The van der Waals surface area contributed by atoms with Crippen molar-refractivity contribution in [2.75, 3.05) is 7.11 Å². The van der Waals surface area contributed by atoms with Crippen LogP contribution in [0.5, 0.6) is 5.75 Å². The van der Waals surface area contributed by atoms with E-state index in [2.05, 4.69) is 43.5 Å². The molecule has 0 aliphatic heterocycles. The summed E-state index contributed by atoms with van der Waals surface area (Å²) in [6.45, 7) is 9.48. The molecule has 1 aromatic heterocycles. The molecule has 2 rings (SSSR count). The fraction of sp³-hybridized carbons (Fsp3) is 0.421. The molecule has 2 aromatic rings. The number of ether oxygens (including phenoxy) is 1. The molecule has 0 atom stereocenters. The topological polar surface area (TPSA) is 62.7 Å². The summed E-state index contributed by atoms with van der Waals surface area (Å²) < 4.78 is 7.50. The minimum absolute atomic E-state index is 0.0220. The normalized spacial score (nSPS) is 13.0. The van der Waals surface area contributed by atoms with Crippen LogP contribution < -0.4 is 9.54 Å². The highest BCUT2D eigenvalue weighted by Crippen LogP contribution is 2.26. The zero-order valence-corrected chi connectivity index (χ0v) is 17.3. The van der Waals surface area contributed by atoms with Gasteiger partial charge in [0, 0.05) is 22.6 Å². The van der Waals surface area contributed by atoms with Crippen LogP contribution in [0.2, 0.25) is 5.02 Å². The molecule has 0 saturated heterocycles. The summed E-state index contributed by atoms with van der Waals surface area (Å²) in [6, 6.07) is 5.19. The van der Waals surface area contributed by atoms with E-state index in [1.165, 1.54) is 4.88 Å². The van der Waals surface area contributed by atoms with Crippen LogP contribution in [0.1, 0.15) is 44.6 Å². The number of aliphatic imine (C=N–C) groups is 1. The zero-order chi connectivity index (χ0) is 19.3. The maximum Gasteiger partial charge on any atom is 0.207 e. The van der Waals surface area contributed by atoms with E-state index in [0.29, 0.717) is 22.2 Å². The van der Waals surface area contributed by atoms with Crippen LogP contribution >= 0.6 is 22.9 Å². The highest BCUT2D eigenvalue weighted by atomic mass is 35.5. The third-order valence-corrected chi connectivity index (χ3v) is 5.36. The Kier molecular flexibility index (Phi) is 6.63. The molecule has 0 radical (unpaired) electrons. The second-order valence-electron chi connectivity index (χ2n) is 6.81. The summed E-state index contributed by atoms with van der Waals surface area (Å²) in [7, 11) is 1.57. The van der Waals surface area contributed by atoms with Gasteiger partial charge in [-0.3, -0.25) is 0 Å². The largest absolute Gasteiger partial charge is 0.496 e. The molecular formula is C19H23ClN4OS. The lowest BCUT2D eigenvalue weighted by Crippen LogP contribution is -2.16. The lowest BCUT2D eigenvalue weighted by Gasteiger charge is -2.14. The lowest BCUT2D eigenvalue weighted by molar-refractivity contribution is 0.414. The maximum atomic E-state index is 9.14. The number of rotatable bonds is 4. The Bertz CT molecular complexity index is 913. The van der Waals surface area contributed by atoms with Gasteiger partial charge < -0.3 is 9.30 Å². The van der Waals surface area contributed by atoms with Gasteiger partial charge in [-0.2, -0.15) is 15.2 Å². The summed E-state index contributed by atoms with van der Waals surface area (Å²) in [4.78, 5) is 10.6. The van der Waals surface area contributed by atoms with Gasteiger partial charge in [-0.15, -0.1) is 11.3 Å².